The molecule has 1 atom stereocenters. The standard InChI is InChI=1S/C28H59BrN.BrH/c1-5-8-11-14-19-24-30(25-20-15-12-9-6-2,26-21-16-13-10-7-3)27-22-17-18-23-28(4)29;/h28H,5-27H2,1-4H3;1H/q+1;/p-1. The van der Waals surface area contributed by atoms with Crippen LogP contribution in [0.2, 0.25) is 0 Å². The van der Waals surface area contributed by atoms with Crippen LogP contribution in [0.15, 0.2) is 0 Å². The van der Waals surface area contributed by atoms with E-state index >= 15 is 0 Å². The number of unbranched alkanes of at least 4 members (excludes halogenated alkanes) is 14. The normalized spacial score (nSPS) is 12.7. The zero-order valence-electron chi connectivity index (χ0n) is 22.0. The summed E-state index contributed by atoms with van der Waals surface area (Å²) < 4.78 is 1.45. The second-order valence-corrected chi connectivity index (χ2v) is 11.7. The van der Waals surface area contributed by atoms with Gasteiger partial charge in [0.25, 0.3) is 0 Å². The molecular weight excluding hydrogens is 510 g/mol. The number of hydrogen-bond donors (Lipinski definition) is 0. The third-order valence-electron chi connectivity index (χ3n) is 6.94. The summed E-state index contributed by atoms with van der Waals surface area (Å²) in [6.07, 6.45) is 27.1. The van der Waals surface area contributed by atoms with Crippen LogP contribution in [-0.2, 0) is 0 Å². The Kier molecular flexibility index (Phi) is 28.1. The van der Waals surface area contributed by atoms with E-state index in [0.29, 0.717) is 4.83 Å². The first-order valence-electron chi connectivity index (χ1n) is 14.1. The van der Waals surface area contributed by atoms with E-state index in [2.05, 4.69) is 43.6 Å². The lowest BCUT2D eigenvalue weighted by Gasteiger charge is -2.40. The Bertz CT molecular complexity index is 297. The molecule has 1 unspecified atom stereocenters. The molecule has 0 bridgehead atoms. The Morgan fingerprint density at radius 3 is 1.06 bits per heavy atom. The summed E-state index contributed by atoms with van der Waals surface area (Å²) in [5.74, 6) is 0. The Hall–Kier alpha value is 0.920. The average molecular weight is 570 g/mol. The summed E-state index contributed by atoms with van der Waals surface area (Å²) in [7, 11) is 0. The molecule has 0 aromatic carbocycles. The molecule has 0 rings (SSSR count). The molecule has 0 aliphatic carbocycles. The molecule has 190 valence electrons. The van der Waals surface area contributed by atoms with Gasteiger partial charge in [0.1, 0.15) is 0 Å². The number of hydrogen-bond acceptors (Lipinski definition) is 0. The van der Waals surface area contributed by atoms with E-state index in [1.54, 1.807) is 0 Å². The van der Waals surface area contributed by atoms with Gasteiger partial charge < -0.3 is 21.5 Å². The van der Waals surface area contributed by atoms with Gasteiger partial charge >= 0.3 is 0 Å². The lowest BCUT2D eigenvalue weighted by atomic mass is 10.1. The molecular formula is C28H59Br2N. The van der Waals surface area contributed by atoms with Gasteiger partial charge in [-0.05, 0) is 57.8 Å². The lowest BCUT2D eigenvalue weighted by molar-refractivity contribution is -0.929. The second kappa shape index (κ2) is 25.5. The molecule has 0 aromatic rings. The first-order valence-corrected chi connectivity index (χ1v) is 15.0. The van der Waals surface area contributed by atoms with Crippen molar-refractivity contribution >= 4 is 15.9 Å². The fourth-order valence-corrected chi connectivity index (χ4v) is 5.20. The molecule has 0 aliphatic heterocycles. The Morgan fingerprint density at radius 1 is 0.484 bits per heavy atom. The van der Waals surface area contributed by atoms with Crippen LogP contribution >= 0.6 is 15.9 Å². The SMILES string of the molecule is CCCCCCC[N+](CCCCCCC)(CCCCCCC)CCCCCC(C)Br.[Br-]. The minimum absolute atomic E-state index is 0. The molecule has 0 heterocycles. The highest BCUT2D eigenvalue weighted by Gasteiger charge is 2.25. The molecule has 0 radical (unpaired) electrons. The molecule has 0 amide bonds. The van der Waals surface area contributed by atoms with E-state index in [0.717, 1.165) is 0 Å². The number of nitrogens with zero attached hydrogens (tertiary/aromatic N) is 1. The van der Waals surface area contributed by atoms with Crippen LogP contribution < -0.4 is 17.0 Å². The maximum atomic E-state index is 3.73. The third kappa shape index (κ3) is 22.5. The minimum Gasteiger partial charge on any atom is -1.00 e. The number of quaternary nitrogens is 1. The van der Waals surface area contributed by atoms with Gasteiger partial charge in [0.15, 0.2) is 0 Å². The Morgan fingerprint density at radius 2 is 0.774 bits per heavy atom. The van der Waals surface area contributed by atoms with E-state index < -0.39 is 0 Å². The number of halogens is 2. The van der Waals surface area contributed by atoms with Crippen LogP contribution in [0.25, 0.3) is 0 Å². The smallest absolute Gasteiger partial charge is 0.0786 e. The fraction of sp³-hybridized carbons (Fsp3) is 1.00. The average Bonchev–Trinajstić information content (AvgIpc) is 2.72. The van der Waals surface area contributed by atoms with Crippen LogP contribution in [0.3, 0.4) is 0 Å². The topological polar surface area (TPSA) is 0 Å². The summed E-state index contributed by atoms with van der Waals surface area (Å²) in [5.41, 5.74) is 0. The van der Waals surface area contributed by atoms with Gasteiger partial charge in [-0.15, -0.1) is 0 Å². The van der Waals surface area contributed by atoms with Gasteiger partial charge in [0.2, 0.25) is 0 Å². The van der Waals surface area contributed by atoms with Crippen molar-refractivity contribution in [1.82, 2.24) is 0 Å². The van der Waals surface area contributed by atoms with Crippen molar-refractivity contribution in [2.24, 2.45) is 0 Å². The van der Waals surface area contributed by atoms with Crippen molar-refractivity contribution in [3.63, 3.8) is 0 Å². The molecule has 31 heavy (non-hydrogen) atoms. The summed E-state index contributed by atoms with van der Waals surface area (Å²) in [5, 5.41) is 0. The zero-order valence-corrected chi connectivity index (χ0v) is 25.2. The Balaban J connectivity index is 0. The maximum absolute atomic E-state index is 3.73. The lowest BCUT2D eigenvalue weighted by Crippen LogP contribution is -3.00. The third-order valence-corrected chi connectivity index (χ3v) is 7.40. The van der Waals surface area contributed by atoms with Crippen LogP contribution in [0.1, 0.15) is 150 Å². The molecule has 3 heteroatoms. The summed E-state index contributed by atoms with van der Waals surface area (Å²) in [6, 6.07) is 0. The summed E-state index contributed by atoms with van der Waals surface area (Å²) in [6.45, 7) is 15.1. The van der Waals surface area contributed by atoms with E-state index in [9.17, 15) is 0 Å². The predicted molar refractivity (Wildman–Crippen MR) is 143 cm³/mol. The molecule has 0 N–H and O–H groups in total. The molecule has 0 spiro atoms. The van der Waals surface area contributed by atoms with Crippen LogP contribution in [0.5, 0.6) is 0 Å². The zero-order chi connectivity index (χ0) is 22.3. The Labute approximate surface area is 217 Å². The van der Waals surface area contributed by atoms with Crippen molar-refractivity contribution in [2.75, 3.05) is 26.2 Å². The van der Waals surface area contributed by atoms with Gasteiger partial charge in [-0.3, -0.25) is 0 Å². The van der Waals surface area contributed by atoms with Crippen molar-refractivity contribution in [3.8, 4) is 0 Å². The fourth-order valence-electron chi connectivity index (χ4n) is 4.87. The highest BCUT2D eigenvalue weighted by atomic mass is 79.9. The van der Waals surface area contributed by atoms with Gasteiger partial charge in [-0.25, -0.2) is 0 Å². The van der Waals surface area contributed by atoms with E-state index in [1.807, 2.05) is 0 Å². The predicted octanol–water partition coefficient (Wildman–Crippen LogP) is 7.06. The van der Waals surface area contributed by atoms with Gasteiger partial charge in [-0.1, -0.05) is 108 Å². The summed E-state index contributed by atoms with van der Waals surface area (Å²) in [4.78, 5) is 0.687. The van der Waals surface area contributed by atoms with Crippen LogP contribution in [0, 0.1) is 0 Å². The highest BCUT2D eigenvalue weighted by Crippen LogP contribution is 2.20. The minimum atomic E-state index is 0. The number of rotatable bonds is 24. The monoisotopic (exact) mass is 567 g/mol. The first kappa shape index (κ1) is 34.1. The highest BCUT2D eigenvalue weighted by molar-refractivity contribution is 9.09. The van der Waals surface area contributed by atoms with Gasteiger partial charge in [0, 0.05) is 4.83 Å². The van der Waals surface area contributed by atoms with Crippen LogP contribution in [-0.4, -0.2) is 35.5 Å². The van der Waals surface area contributed by atoms with E-state index in [-0.39, 0.29) is 17.0 Å². The maximum Gasteiger partial charge on any atom is 0.0786 e. The number of alkyl halides is 1. The molecule has 1 nitrogen and oxygen atoms in total. The van der Waals surface area contributed by atoms with Gasteiger partial charge in [0.05, 0.1) is 26.2 Å². The van der Waals surface area contributed by atoms with Crippen molar-refractivity contribution in [1.29, 1.82) is 0 Å². The largest absolute Gasteiger partial charge is 1.00 e. The second-order valence-electron chi connectivity index (χ2n) is 10.1. The first-order chi connectivity index (χ1) is 14.6. The van der Waals surface area contributed by atoms with E-state index in [4.69, 9.17) is 0 Å². The summed E-state index contributed by atoms with van der Waals surface area (Å²) >= 11 is 3.73. The van der Waals surface area contributed by atoms with E-state index in [1.165, 1.54) is 153 Å². The van der Waals surface area contributed by atoms with Crippen molar-refractivity contribution < 1.29 is 21.5 Å². The van der Waals surface area contributed by atoms with Crippen LogP contribution in [0.4, 0.5) is 0 Å². The molecule has 0 saturated carbocycles. The van der Waals surface area contributed by atoms with Crippen molar-refractivity contribution in [2.45, 2.75) is 155 Å². The molecule has 0 aliphatic rings. The van der Waals surface area contributed by atoms with Gasteiger partial charge in [-0.2, -0.15) is 0 Å². The quantitative estimate of drug-likeness (QED) is 0.0663. The molecule has 0 saturated heterocycles. The van der Waals surface area contributed by atoms with Crippen molar-refractivity contribution in [3.05, 3.63) is 0 Å². The molecule has 0 fully saturated rings. The molecule has 0 aromatic heterocycles.